The van der Waals surface area contributed by atoms with E-state index in [-0.39, 0.29) is 12.4 Å². The van der Waals surface area contributed by atoms with Crippen molar-refractivity contribution in [3.05, 3.63) is 57.6 Å². The third-order valence-electron chi connectivity index (χ3n) is 2.86. The Morgan fingerprint density at radius 3 is 2.57 bits per heavy atom. The number of nitrogens with two attached hydrogens (primary N) is 1. The van der Waals surface area contributed by atoms with Crippen molar-refractivity contribution in [1.82, 2.24) is 0 Å². The predicted molar refractivity (Wildman–Crippen MR) is 84.8 cm³/mol. The Kier molecular flexibility index (Phi) is 4.94. The molecular formula is C15H14Cl2N2O2. The van der Waals surface area contributed by atoms with E-state index < -0.39 is 0 Å². The summed E-state index contributed by atoms with van der Waals surface area (Å²) in [6.45, 7) is 0.261. The third-order valence-corrected chi connectivity index (χ3v) is 3.60. The van der Waals surface area contributed by atoms with Gasteiger partial charge in [0.1, 0.15) is 12.4 Å². The van der Waals surface area contributed by atoms with E-state index in [0.717, 1.165) is 5.56 Å². The van der Waals surface area contributed by atoms with Gasteiger partial charge >= 0.3 is 0 Å². The quantitative estimate of drug-likeness (QED) is 0.648. The van der Waals surface area contributed by atoms with Crippen molar-refractivity contribution in [3.8, 4) is 11.5 Å². The van der Waals surface area contributed by atoms with E-state index >= 15 is 0 Å². The van der Waals surface area contributed by atoms with Gasteiger partial charge in [-0.1, -0.05) is 35.3 Å². The summed E-state index contributed by atoms with van der Waals surface area (Å²) in [7, 11) is 1.53. The number of para-hydroxylation sites is 1. The highest BCUT2D eigenvalue weighted by Gasteiger charge is 2.13. The summed E-state index contributed by atoms with van der Waals surface area (Å²) < 4.78 is 11.0. The molecule has 2 aromatic carbocycles. The third kappa shape index (κ3) is 3.60. The van der Waals surface area contributed by atoms with Crippen LogP contribution in [0.25, 0.3) is 0 Å². The molecule has 3 N–H and O–H groups in total. The lowest BCUT2D eigenvalue weighted by Gasteiger charge is -2.14. The largest absolute Gasteiger partial charge is 0.493 e. The Labute approximate surface area is 132 Å². The van der Waals surface area contributed by atoms with Crippen LogP contribution in [0.2, 0.25) is 10.0 Å². The van der Waals surface area contributed by atoms with Crippen LogP contribution in [0.15, 0.2) is 36.4 Å². The van der Waals surface area contributed by atoms with E-state index in [2.05, 4.69) is 0 Å². The second-order valence-electron chi connectivity index (χ2n) is 4.29. The molecule has 0 aliphatic carbocycles. The van der Waals surface area contributed by atoms with E-state index in [1.54, 1.807) is 30.3 Å². The molecule has 0 bridgehead atoms. The highest BCUT2D eigenvalue weighted by Crippen LogP contribution is 2.32. The molecule has 0 aromatic heterocycles. The first-order valence-corrected chi connectivity index (χ1v) is 6.86. The lowest BCUT2D eigenvalue weighted by molar-refractivity contribution is 0.284. The van der Waals surface area contributed by atoms with Crippen molar-refractivity contribution in [2.24, 2.45) is 5.73 Å². The van der Waals surface area contributed by atoms with Gasteiger partial charge in [0, 0.05) is 0 Å². The zero-order valence-electron chi connectivity index (χ0n) is 11.3. The Bertz CT molecular complexity index is 675. The molecule has 0 unspecified atom stereocenters. The summed E-state index contributed by atoms with van der Waals surface area (Å²) in [5, 5.41) is 8.55. The molecule has 0 saturated carbocycles. The zero-order valence-corrected chi connectivity index (χ0v) is 12.8. The molecule has 2 aromatic rings. The number of ether oxygens (including phenoxy) is 2. The molecule has 110 valence electrons. The van der Waals surface area contributed by atoms with Gasteiger partial charge < -0.3 is 15.2 Å². The molecule has 0 amide bonds. The zero-order chi connectivity index (χ0) is 15.4. The molecule has 0 radical (unpaired) electrons. The number of benzene rings is 2. The van der Waals surface area contributed by atoms with Crippen molar-refractivity contribution < 1.29 is 9.47 Å². The van der Waals surface area contributed by atoms with Crippen molar-refractivity contribution in [3.63, 3.8) is 0 Å². The number of hydrogen-bond donors (Lipinski definition) is 2. The lowest BCUT2D eigenvalue weighted by Crippen LogP contribution is -2.13. The van der Waals surface area contributed by atoms with Crippen molar-refractivity contribution in [2.45, 2.75) is 6.61 Å². The van der Waals surface area contributed by atoms with Gasteiger partial charge in [-0.15, -0.1) is 0 Å². The number of halogens is 2. The van der Waals surface area contributed by atoms with Crippen LogP contribution >= 0.6 is 23.2 Å². The van der Waals surface area contributed by atoms with Crippen molar-refractivity contribution in [2.75, 3.05) is 7.11 Å². The van der Waals surface area contributed by atoms with Crippen LogP contribution < -0.4 is 15.2 Å². The van der Waals surface area contributed by atoms with E-state index in [4.69, 9.17) is 43.8 Å². The molecule has 0 aliphatic heterocycles. The second kappa shape index (κ2) is 6.70. The number of nitrogen functional groups attached to an aromatic ring is 1. The maximum Gasteiger partial charge on any atom is 0.172 e. The van der Waals surface area contributed by atoms with Gasteiger partial charge in [0.15, 0.2) is 11.5 Å². The summed E-state index contributed by atoms with van der Waals surface area (Å²) in [5.41, 5.74) is 6.89. The summed E-state index contributed by atoms with van der Waals surface area (Å²) >= 11 is 11.8. The highest BCUT2D eigenvalue weighted by molar-refractivity contribution is 6.42. The van der Waals surface area contributed by atoms with Gasteiger partial charge in [-0.25, -0.2) is 0 Å². The summed E-state index contributed by atoms with van der Waals surface area (Å²) in [6.07, 6.45) is 0. The fraction of sp³-hybridized carbons (Fsp3) is 0.133. The minimum Gasteiger partial charge on any atom is -0.493 e. The van der Waals surface area contributed by atoms with Crippen LogP contribution in [0.4, 0.5) is 0 Å². The molecule has 0 atom stereocenters. The summed E-state index contributed by atoms with van der Waals surface area (Å²) in [5.74, 6) is 0.861. The molecule has 2 rings (SSSR count). The first-order valence-electron chi connectivity index (χ1n) is 6.11. The van der Waals surface area contributed by atoms with Crippen LogP contribution in [0.3, 0.4) is 0 Å². The SMILES string of the molecule is COc1cccc(C(=N)N)c1OCc1ccc(Cl)c(Cl)c1. The van der Waals surface area contributed by atoms with Gasteiger partial charge in [-0.05, 0) is 29.8 Å². The predicted octanol–water partition coefficient (Wildman–Crippen LogP) is 3.87. The van der Waals surface area contributed by atoms with Crippen LogP contribution in [0, 0.1) is 5.41 Å². The average Bonchev–Trinajstić information content (AvgIpc) is 2.48. The molecule has 0 heterocycles. The van der Waals surface area contributed by atoms with Gasteiger partial charge in [-0.2, -0.15) is 0 Å². The Hall–Kier alpha value is -1.91. The standard InChI is InChI=1S/C15H14Cl2N2O2/c1-20-13-4-2-3-10(15(18)19)14(13)21-8-9-5-6-11(16)12(17)7-9/h2-7H,8H2,1H3,(H3,18,19). The number of methoxy groups -OCH3 is 1. The van der Waals surface area contributed by atoms with Crippen molar-refractivity contribution >= 4 is 29.0 Å². The van der Waals surface area contributed by atoms with Crippen LogP contribution in [0.5, 0.6) is 11.5 Å². The fourth-order valence-electron chi connectivity index (χ4n) is 1.82. The average molecular weight is 325 g/mol. The first-order chi connectivity index (χ1) is 10.0. The topological polar surface area (TPSA) is 68.3 Å². The lowest BCUT2D eigenvalue weighted by atomic mass is 10.1. The minimum atomic E-state index is -0.0851. The number of amidine groups is 1. The summed E-state index contributed by atoms with van der Waals surface area (Å²) in [4.78, 5) is 0. The van der Waals surface area contributed by atoms with Crippen LogP contribution in [-0.4, -0.2) is 12.9 Å². The summed E-state index contributed by atoms with van der Waals surface area (Å²) in [6, 6.07) is 10.5. The molecule has 0 fully saturated rings. The second-order valence-corrected chi connectivity index (χ2v) is 5.10. The van der Waals surface area contributed by atoms with E-state index in [0.29, 0.717) is 27.1 Å². The molecule has 4 nitrogen and oxygen atoms in total. The highest BCUT2D eigenvalue weighted by atomic mass is 35.5. The Balaban J connectivity index is 2.26. The Morgan fingerprint density at radius 1 is 1.19 bits per heavy atom. The molecule has 6 heteroatoms. The van der Waals surface area contributed by atoms with Gasteiger partial charge in [0.2, 0.25) is 0 Å². The maximum atomic E-state index is 7.60. The number of rotatable bonds is 5. The van der Waals surface area contributed by atoms with Gasteiger partial charge in [0.25, 0.3) is 0 Å². The van der Waals surface area contributed by atoms with Gasteiger partial charge in [-0.3, -0.25) is 5.41 Å². The Morgan fingerprint density at radius 2 is 1.95 bits per heavy atom. The van der Waals surface area contributed by atoms with Gasteiger partial charge in [0.05, 0.1) is 22.7 Å². The van der Waals surface area contributed by atoms with Crippen molar-refractivity contribution in [1.29, 1.82) is 5.41 Å². The minimum absolute atomic E-state index is 0.0851. The molecule has 0 aliphatic rings. The molecular weight excluding hydrogens is 311 g/mol. The molecule has 21 heavy (non-hydrogen) atoms. The number of nitrogens with one attached hydrogen (secondary N) is 1. The van der Waals surface area contributed by atoms with E-state index in [9.17, 15) is 0 Å². The number of hydrogen-bond acceptors (Lipinski definition) is 3. The van der Waals surface area contributed by atoms with E-state index in [1.807, 2.05) is 6.07 Å². The fourth-order valence-corrected chi connectivity index (χ4v) is 2.14. The van der Waals surface area contributed by atoms with Crippen LogP contribution in [-0.2, 0) is 6.61 Å². The molecule has 0 spiro atoms. The first kappa shape index (κ1) is 15.5. The van der Waals surface area contributed by atoms with E-state index in [1.165, 1.54) is 7.11 Å². The monoisotopic (exact) mass is 324 g/mol. The maximum absolute atomic E-state index is 7.60. The van der Waals surface area contributed by atoms with Crippen LogP contribution in [0.1, 0.15) is 11.1 Å². The normalized spacial score (nSPS) is 10.2. The smallest absolute Gasteiger partial charge is 0.172 e. The molecule has 0 saturated heterocycles.